The van der Waals surface area contributed by atoms with E-state index in [1.165, 1.54) is 12.1 Å². The molecule has 2 rings (SSSR count). The van der Waals surface area contributed by atoms with E-state index < -0.39 is 15.0 Å². The van der Waals surface area contributed by atoms with E-state index in [2.05, 4.69) is 22.4 Å². The molecule has 0 saturated carbocycles. The van der Waals surface area contributed by atoms with Gasteiger partial charge in [0.25, 0.3) is 0 Å². The van der Waals surface area contributed by atoms with E-state index in [9.17, 15) is 18.1 Å². The van der Waals surface area contributed by atoms with Crippen LogP contribution in [0.2, 0.25) is 0 Å². The number of aromatic hydroxyl groups is 1. The summed E-state index contributed by atoms with van der Waals surface area (Å²) < 4.78 is 33.9. The summed E-state index contributed by atoms with van der Waals surface area (Å²) in [4.78, 5) is -0.497. The van der Waals surface area contributed by atoms with Gasteiger partial charge >= 0.3 is 29.6 Å². The number of hydrogen-bond acceptors (Lipinski definition) is 6. The van der Waals surface area contributed by atoms with Crippen LogP contribution in [0.1, 0.15) is 0 Å². The summed E-state index contributed by atoms with van der Waals surface area (Å²) in [7, 11) is -4.73. The fraction of sp³-hybridized carbons (Fsp3) is 0. The number of benzene rings is 2. The standard InChI is InChI=1S/C11H9N3O4S2.Na.H2O/c12-11(19)14-13-8-5-9(20(16,17)18)6-3-1-2-4-7(6)10(8)15;;/h1-5,15H,(H2,12,19)(H,16,17,18);;1H2/q;+1;/p-1. The van der Waals surface area contributed by atoms with Crippen molar-refractivity contribution < 1.29 is 53.1 Å². The van der Waals surface area contributed by atoms with Crippen LogP contribution in [-0.2, 0) is 10.1 Å². The molecule has 11 heteroatoms. The molecule has 0 heterocycles. The van der Waals surface area contributed by atoms with Gasteiger partial charge in [0.1, 0.15) is 15.8 Å². The van der Waals surface area contributed by atoms with Crippen molar-refractivity contribution in [1.82, 2.24) is 0 Å². The zero-order valence-corrected chi connectivity index (χ0v) is 15.0. The second kappa shape index (κ2) is 7.92. The van der Waals surface area contributed by atoms with E-state index in [1.807, 2.05) is 0 Å². The molecule has 8 nitrogen and oxygen atoms in total. The summed E-state index contributed by atoms with van der Waals surface area (Å²) >= 11 is 4.50. The molecule has 0 aromatic heterocycles. The molecule has 0 unspecified atom stereocenters. The number of rotatable bonds is 2. The molecular formula is C11H10N3NaO5S2. The van der Waals surface area contributed by atoms with Crippen LogP contribution >= 0.6 is 12.2 Å². The first-order chi connectivity index (χ1) is 9.30. The Bertz CT molecular complexity index is 839. The Morgan fingerprint density at radius 3 is 2.32 bits per heavy atom. The second-order valence-corrected chi connectivity index (χ2v) is 5.55. The van der Waals surface area contributed by atoms with E-state index in [0.717, 1.165) is 6.07 Å². The van der Waals surface area contributed by atoms with E-state index in [4.69, 9.17) is 5.73 Å². The van der Waals surface area contributed by atoms with Gasteiger partial charge in [-0.05, 0) is 18.3 Å². The fourth-order valence-corrected chi connectivity index (χ4v) is 2.44. The van der Waals surface area contributed by atoms with E-state index >= 15 is 0 Å². The summed E-state index contributed by atoms with van der Waals surface area (Å²) in [6, 6.07) is 6.93. The Morgan fingerprint density at radius 2 is 1.82 bits per heavy atom. The van der Waals surface area contributed by atoms with Crippen LogP contribution in [0.25, 0.3) is 10.8 Å². The third kappa shape index (κ3) is 4.43. The van der Waals surface area contributed by atoms with Crippen molar-refractivity contribution in [2.75, 3.05) is 0 Å². The number of hydrogen-bond donors (Lipinski definition) is 2. The van der Waals surface area contributed by atoms with E-state index in [0.29, 0.717) is 0 Å². The smallest absolute Gasteiger partial charge is 0.744 e. The van der Waals surface area contributed by atoms with Crippen LogP contribution in [0, 0.1) is 0 Å². The van der Waals surface area contributed by atoms with Crippen LogP contribution in [0.5, 0.6) is 5.75 Å². The summed E-state index contributed by atoms with van der Waals surface area (Å²) in [5.74, 6) is -0.312. The molecule has 0 atom stereocenters. The van der Waals surface area contributed by atoms with Gasteiger partial charge < -0.3 is 20.9 Å². The number of fused-ring (bicyclic) bond motifs is 1. The van der Waals surface area contributed by atoms with E-state index in [1.54, 1.807) is 12.1 Å². The number of nitrogens with two attached hydrogens (primary N) is 1. The molecule has 0 fully saturated rings. The predicted molar refractivity (Wildman–Crippen MR) is 78.5 cm³/mol. The number of thiocarbonyl (C=S) groups is 1. The summed E-state index contributed by atoms with van der Waals surface area (Å²) in [5.41, 5.74) is 4.93. The van der Waals surface area contributed by atoms with Crippen molar-refractivity contribution in [3.63, 3.8) is 0 Å². The average Bonchev–Trinajstić information content (AvgIpc) is 2.36. The molecule has 0 radical (unpaired) electrons. The molecule has 0 spiro atoms. The van der Waals surface area contributed by atoms with Gasteiger partial charge in [0.05, 0.1) is 4.90 Å². The maximum atomic E-state index is 11.3. The monoisotopic (exact) mass is 351 g/mol. The first-order valence-electron chi connectivity index (χ1n) is 5.22. The van der Waals surface area contributed by atoms with Crippen molar-refractivity contribution in [2.45, 2.75) is 4.90 Å². The van der Waals surface area contributed by atoms with Crippen molar-refractivity contribution in [3.8, 4) is 5.75 Å². The zero-order valence-electron chi connectivity index (χ0n) is 11.3. The molecular weight excluding hydrogens is 341 g/mol. The Morgan fingerprint density at radius 1 is 1.27 bits per heavy atom. The van der Waals surface area contributed by atoms with Gasteiger partial charge in [-0.15, -0.1) is 10.2 Å². The topological polar surface area (TPSA) is 160 Å². The molecule has 0 amide bonds. The number of azo groups is 1. The van der Waals surface area contributed by atoms with Gasteiger partial charge in [0.2, 0.25) is 5.11 Å². The zero-order chi connectivity index (χ0) is 14.9. The van der Waals surface area contributed by atoms with Gasteiger partial charge in [0.15, 0.2) is 5.75 Å². The Kier molecular flexibility index (Phi) is 7.51. The number of phenols is 1. The molecule has 112 valence electrons. The first kappa shape index (κ1) is 20.9. The minimum Gasteiger partial charge on any atom is -0.744 e. The molecule has 2 aromatic carbocycles. The van der Waals surface area contributed by atoms with Gasteiger partial charge in [-0.25, -0.2) is 8.42 Å². The predicted octanol–water partition coefficient (Wildman–Crippen LogP) is -2.04. The molecule has 22 heavy (non-hydrogen) atoms. The van der Waals surface area contributed by atoms with Gasteiger partial charge in [0, 0.05) is 10.8 Å². The largest absolute Gasteiger partial charge is 1.00 e. The molecule has 0 aliphatic rings. The second-order valence-electron chi connectivity index (χ2n) is 3.78. The van der Waals surface area contributed by atoms with Crippen LogP contribution in [0.15, 0.2) is 45.5 Å². The minimum atomic E-state index is -4.73. The third-order valence-electron chi connectivity index (χ3n) is 2.48. The SMILES string of the molecule is NC(=S)N=Nc1cc(S(=O)(=O)[O-])c2ccccc2c1O.O.[Na+]. The molecule has 2 aromatic rings. The summed E-state index contributed by atoms with van der Waals surface area (Å²) in [6.07, 6.45) is 0. The Balaban J connectivity index is 0.00000220. The van der Waals surface area contributed by atoms with Gasteiger partial charge in [-0.2, -0.15) is 0 Å². The normalized spacial score (nSPS) is 11.0. The van der Waals surface area contributed by atoms with Crippen LogP contribution < -0.4 is 35.3 Å². The van der Waals surface area contributed by atoms with Crippen molar-refractivity contribution in [3.05, 3.63) is 30.3 Å². The van der Waals surface area contributed by atoms with Crippen molar-refractivity contribution in [1.29, 1.82) is 0 Å². The molecule has 0 bridgehead atoms. The van der Waals surface area contributed by atoms with E-state index in [-0.39, 0.29) is 62.4 Å². The third-order valence-corrected chi connectivity index (χ3v) is 3.44. The molecule has 0 aliphatic heterocycles. The molecule has 5 N–H and O–H groups in total. The average molecular weight is 351 g/mol. The fourth-order valence-electron chi connectivity index (χ4n) is 1.70. The number of nitrogens with zero attached hydrogens (tertiary/aromatic N) is 2. The quantitative estimate of drug-likeness (QED) is 0.274. The maximum Gasteiger partial charge on any atom is 1.00 e. The van der Waals surface area contributed by atoms with Crippen molar-refractivity contribution >= 4 is 43.9 Å². The van der Waals surface area contributed by atoms with Gasteiger partial charge in [-0.1, -0.05) is 24.3 Å². The summed E-state index contributed by atoms with van der Waals surface area (Å²) in [6.45, 7) is 0. The molecule has 0 saturated heterocycles. The van der Waals surface area contributed by atoms with Crippen LogP contribution in [0.4, 0.5) is 5.69 Å². The Labute approximate surface area is 153 Å². The summed E-state index contributed by atoms with van der Waals surface area (Å²) in [5, 5.41) is 16.9. The van der Waals surface area contributed by atoms with Crippen molar-refractivity contribution in [2.24, 2.45) is 16.0 Å². The van der Waals surface area contributed by atoms with Crippen LogP contribution in [0.3, 0.4) is 0 Å². The molecule has 0 aliphatic carbocycles. The maximum absolute atomic E-state index is 11.3. The van der Waals surface area contributed by atoms with Crippen LogP contribution in [-0.4, -0.2) is 28.7 Å². The number of phenolic OH excluding ortho intramolecular Hbond substituents is 1. The first-order valence-corrected chi connectivity index (χ1v) is 7.04. The Hall–Kier alpha value is -1.14. The minimum absolute atomic E-state index is 0. The van der Waals surface area contributed by atoms with Gasteiger partial charge in [-0.3, -0.25) is 0 Å².